The summed E-state index contributed by atoms with van der Waals surface area (Å²) in [4.78, 5) is 13.4. The molecule has 0 radical (unpaired) electrons. The predicted molar refractivity (Wildman–Crippen MR) is 185 cm³/mol. The Morgan fingerprint density at radius 2 is 1.60 bits per heavy atom. The SMILES string of the molecule is Cc1ccc(-n2nc(C(C)(C)C)cc2NC(=O)Nc2ccccc2CC2CCN(S(=O)(=O)c3nonc3Cc3ccccc3)CC2)cc1. The van der Waals surface area contributed by atoms with Crippen molar-refractivity contribution in [2.45, 2.75) is 63.8 Å². The van der Waals surface area contributed by atoms with Crippen LogP contribution in [0.25, 0.3) is 5.69 Å². The summed E-state index contributed by atoms with van der Waals surface area (Å²) in [5, 5.41) is 18.4. The first-order chi connectivity index (χ1) is 23.0. The molecule has 250 valence electrons. The fourth-order valence-electron chi connectivity index (χ4n) is 5.89. The Hall–Kier alpha value is -4.81. The van der Waals surface area contributed by atoms with Gasteiger partial charge in [0.2, 0.25) is 5.03 Å². The molecule has 0 unspecified atom stereocenters. The molecule has 48 heavy (non-hydrogen) atoms. The first-order valence-corrected chi connectivity index (χ1v) is 17.6. The lowest BCUT2D eigenvalue weighted by atomic mass is 9.90. The van der Waals surface area contributed by atoms with Crippen molar-refractivity contribution in [2.24, 2.45) is 5.92 Å². The molecule has 11 nitrogen and oxygen atoms in total. The number of urea groups is 1. The number of hydrogen-bond acceptors (Lipinski definition) is 7. The van der Waals surface area contributed by atoms with Crippen LogP contribution in [-0.4, -0.2) is 51.9 Å². The fourth-order valence-corrected chi connectivity index (χ4v) is 7.36. The van der Waals surface area contributed by atoms with E-state index in [1.54, 1.807) is 4.68 Å². The van der Waals surface area contributed by atoms with E-state index in [1.165, 1.54) is 4.31 Å². The van der Waals surface area contributed by atoms with Gasteiger partial charge in [-0.3, -0.25) is 5.32 Å². The van der Waals surface area contributed by atoms with Crippen molar-refractivity contribution >= 4 is 27.6 Å². The number of rotatable bonds is 9. The zero-order chi connectivity index (χ0) is 33.9. The summed E-state index contributed by atoms with van der Waals surface area (Å²) in [6.45, 7) is 9.01. The molecule has 12 heteroatoms. The highest BCUT2D eigenvalue weighted by Gasteiger charge is 2.34. The van der Waals surface area contributed by atoms with Crippen LogP contribution in [0.3, 0.4) is 0 Å². The number of nitrogens with one attached hydrogen (secondary N) is 2. The van der Waals surface area contributed by atoms with Crippen LogP contribution in [-0.2, 0) is 28.3 Å². The first-order valence-electron chi connectivity index (χ1n) is 16.2. The molecule has 0 bridgehead atoms. The van der Waals surface area contributed by atoms with Gasteiger partial charge < -0.3 is 5.32 Å². The Morgan fingerprint density at radius 1 is 0.917 bits per heavy atom. The van der Waals surface area contributed by atoms with Gasteiger partial charge in [0.05, 0.1) is 11.4 Å². The number of hydrogen-bond donors (Lipinski definition) is 2. The highest BCUT2D eigenvalue weighted by atomic mass is 32.2. The molecule has 6 rings (SSSR count). The van der Waals surface area contributed by atoms with E-state index in [1.807, 2.05) is 91.9 Å². The molecule has 2 amide bonds. The van der Waals surface area contributed by atoms with E-state index in [0.717, 1.165) is 28.1 Å². The lowest BCUT2D eigenvalue weighted by Gasteiger charge is -2.31. The van der Waals surface area contributed by atoms with Crippen molar-refractivity contribution in [3.8, 4) is 5.69 Å². The molecule has 0 spiro atoms. The quantitative estimate of drug-likeness (QED) is 0.178. The van der Waals surface area contributed by atoms with Gasteiger partial charge in [-0.1, -0.05) is 92.2 Å². The summed E-state index contributed by atoms with van der Waals surface area (Å²) in [6.07, 6.45) is 2.36. The van der Waals surface area contributed by atoms with E-state index in [4.69, 9.17) is 9.73 Å². The molecular weight excluding hydrogens is 627 g/mol. The van der Waals surface area contributed by atoms with Crippen LogP contribution in [0.5, 0.6) is 0 Å². The molecule has 1 aliphatic heterocycles. The lowest BCUT2D eigenvalue weighted by molar-refractivity contribution is 0.261. The molecule has 5 aromatic rings. The number of sulfonamides is 1. The molecule has 2 aromatic heterocycles. The zero-order valence-electron chi connectivity index (χ0n) is 27.7. The maximum atomic E-state index is 13.5. The average molecular weight is 668 g/mol. The molecule has 2 N–H and O–H groups in total. The molecule has 0 saturated carbocycles. The van der Waals surface area contributed by atoms with Crippen LogP contribution in [0.1, 0.15) is 61.7 Å². The maximum Gasteiger partial charge on any atom is 0.324 e. The van der Waals surface area contributed by atoms with Crippen LogP contribution >= 0.6 is 0 Å². The number of anilines is 2. The molecule has 1 fully saturated rings. The number of nitrogens with zero attached hydrogens (tertiary/aromatic N) is 5. The number of para-hydroxylation sites is 1. The summed E-state index contributed by atoms with van der Waals surface area (Å²) < 4.78 is 35.2. The van der Waals surface area contributed by atoms with Gasteiger partial charge in [0.1, 0.15) is 11.5 Å². The molecule has 1 saturated heterocycles. The van der Waals surface area contributed by atoms with Crippen molar-refractivity contribution in [2.75, 3.05) is 23.7 Å². The normalized spacial score (nSPS) is 14.6. The van der Waals surface area contributed by atoms with E-state index in [9.17, 15) is 13.2 Å². The molecule has 3 heterocycles. The van der Waals surface area contributed by atoms with E-state index < -0.39 is 10.0 Å². The highest BCUT2D eigenvalue weighted by Crippen LogP contribution is 2.30. The third-order valence-electron chi connectivity index (χ3n) is 8.67. The number of aryl methyl sites for hydroxylation is 1. The largest absolute Gasteiger partial charge is 0.324 e. The van der Waals surface area contributed by atoms with E-state index in [0.29, 0.717) is 56.0 Å². The molecule has 0 atom stereocenters. The van der Waals surface area contributed by atoms with Gasteiger partial charge in [-0.15, -0.1) is 0 Å². The number of carbonyl (C=O) groups is 1. The Balaban J connectivity index is 1.10. The third kappa shape index (κ3) is 7.50. The topological polar surface area (TPSA) is 135 Å². The molecule has 0 aliphatic carbocycles. The van der Waals surface area contributed by atoms with Crippen molar-refractivity contribution < 1.29 is 17.8 Å². The van der Waals surface area contributed by atoms with Crippen molar-refractivity contribution in [3.63, 3.8) is 0 Å². The Morgan fingerprint density at radius 3 is 2.31 bits per heavy atom. The minimum absolute atomic E-state index is 0.122. The Bertz CT molecular complexity index is 1970. The standard InChI is InChI=1S/C36H41N7O4S/c1-25-14-16-29(17-15-25)43-33(24-32(39-43)36(2,3)4)38-35(44)37-30-13-9-8-12-28(30)22-27-18-20-42(21-19-27)48(45,46)34-31(40-47-41-34)23-26-10-6-5-7-11-26/h5-17,24,27H,18-23H2,1-4H3,(H2,37,38,44). The van der Waals surface area contributed by atoms with E-state index in [2.05, 4.69) is 41.7 Å². The first kappa shape index (κ1) is 33.1. The Kier molecular flexibility index (Phi) is 9.47. The third-order valence-corrected chi connectivity index (χ3v) is 10.5. The molecule has 1 aliphatic rings. The van der Waals surface area contributed by atoms with Gasteiger partial charge in [0, 0.05) is 36.7 Å². The minimum atomic E-state index is -3.86. The maximum absolute atomic E-state index is 13.5. The number of aromatic nitrogens is 4. The average Bonchev–Trinajstić information content (AvgIpc) is 3.71. The smallest absolute Gasteiger partial charge is 0.307 e. The van der Waals surface area contributed by atoms with Crippen LogP contribution in [0.4, 0.5) is 16.3 Å². The second-order valence-electron chi connectivity index (χ2n) is 13.4. The lowest BCUT2D eigenvalue weighted by Crippen LogP contribution is -2.39. The number of benzene rings is 3. The van der Waals surface area contributed by atoms with E-state index >= 15 is 0 Å². The van der Waals surface area contributed by atoms with Gasteiger partial charge in [-0.25, -0.2) is 22.5 Å². The van der Waals surface area contributed by atoms with Crippen LogP contribution in [0.15, 0.2) is 94.6 Å². The van der Waals surface area contributed by atoms with Gasteiger partial charge in [-0.05, 0) is 66.6 Å². The summed E-state index contributed by atoms with van der Waals surface area (Å²) in [7, 11) is -3.86. The number of piperidine rings is 1. The van der Waals surface area contributed by atoms with Crippen molar-refractivity contribution in [1.82, 2.24) is 24.4 Å². The van der Waals surface area contributed by atoms with Gasteiger partial charge in [0.25, 0.3) is 10.0 Å². The van der Waals surface area contributed by atoms with Gasteiger partial charge >= 0.3 is 6.03 Å². The second kappa shape index (κ2) is 13.7. The number of amides is 2. The van der Waals surface area contributed by atoms with E-state index in [-0.39, 0.29) is 22.4 Å². The minimum Gasteiger partial charge on any atom is -0.307 e. The van der Waals surface area contributed by atoms with Crippen LogP contribution < -0.4 is 10.6 Å². The van der Waals surface area contributed by atoms with Crippen LogP contribution in [0.2, 0.25) is 0 Å². The predicted octanol–water partition coefficient (Wildman–Crippen LogP) is 6.74. The summed E-state index contributed by atoms with van der Waals surface area (Å²) in [5.74, 6) is 0.806. The fraction of sp³-hybridized carbons (Fsp3) is 0.333. The van der Waals surface area contributed by atoms with Crippen molar-refractivity contribution in [1.29, 1.82) is 0 Å². The van der Waals surface area contributed by atoms with Gasteiger partial charge in [-0.2, -0.15) is 9.40 Å². The summed E-state index contributed by atoms with van der Waals surface area (Å²) >= 11 is 0. The summed E-state index contributed by atoms with van der Waals surface area (Å²) in [6, 6.07) is 26.8. The summed E-state index contributed by atoms with van der Waals surface area (Å²) in [5.41, 5.74) is 5.57. The van der Waals surface area contributed by atoms with Gasteiger partial charge in [0.15, 0.2) is 0 Å². The highest BCUT2D eigenvalue weighted by molar-refractivity contribution is 7.89. The molecule has 3 aromatic carbocycles. The van der Waals surface area contributed by atoms with Crippen molar-refractivity contribution in [3.05, 3.63) is 113 Å². The second-order valence-corrected chi connectivity index (χ2v) is 15.2. The Labute approximate surface area is 281 Å². The molecular formula is C36H41N7O4S. The number of carbonyl (C=O) groups excluding carboxylic acids is 1. The monoisotopic (exact) mass is 667 g/mol. The zero-order valence-corrected chi connectivity index (χ0v) is 28.5. The van der Waals surface area contributed by atoms with Crippen LogP contribution in [0, 0.1) is 12.8 Å².